The van der Waals surface area contributed by atoms with Crippen molar-refractivity contribution in [2.24, 2.45) is 4.99 Å². The maximum atomic E-state index is 13.8. The summed E-state index contributed by atoms with van der Waals surface area (Å²) in [5.74, 6) is 0.615. The third kappa shape index (κ3) is 5.46. The molecule has 1 atom stereocenters. The van der Waals surface area contributed by atoms with Gasteiger partial charge in [-0.15, -0.1) is 0 Å². The highest BCUT2D eigenvalue weighted by Gasteiger charge is 2.34. The molecular formula is C31H27ClN2O5S. The van der Waals surface area contributed by atoms with Crippen LogP contribution in [0.1, 0.15) is 36.6 Å². The van der Waals surface area contributed by atoms with Gasteiger partial charge in [-0.05, 0) is 54.8 Å². The van der Waals surface area contributed by atoms with Crippen LogP contribution in [0.5, 0.6) is 11.5 Å². The molecule has 0 N–H and O–H groups in total. The Bertz CT molecular complexity index is 1780. The van der Waals surface area contributed by atoms with Crippen LogP contribution in [-0.4, -0.2) is 24.3 Å². The number of hydrogen-bond donors (Lipinski definition) is 0. The van der Waals surface area contributed by atoms with E-state index in [4.69, 9.17) is 25.8 Å². The van der Waals surface area contributed by atoms with Crippen LogP contribution in [0.25, 0.3) is 6.08 Å². The Morgan fingerprint density at radius 2 is 1.82 bits per heavy atom. The van der Waals surface area contributed by atoms with Crippen molar-refractivity contribution in [3.05, 3.63) is 125 Å². The zero-order valence-corrected chi connectivity index (χ0v) is 23.8. The highest BCUT2D eigenvalue weighted by Crippen LogP contribution is 2.34. The number of benzene rings is 3. The quantitative estimate of drug-likeness (QED) is 0.276. The minimum absolute atomic E-state index is 0.197. The first-order chi connectivity index (χ1) is 19.4. The monoisotopic (exact) mass is 574 g/mol. The molecule has 0 spiro atoms. The van der Waals surface area contributed by atoms with Crippen LogP contribution in [0.4, 0.5) is 0 Å². The maximum Gasteiger partial charge on any atom is 0.338 e. The number of carbonyl (C=O) groups excluding carboxylic acids is 1. The highest BCUT2D eigenvalue weighted by atomic mass is 35.5. The molecule has 0 saturated heterocycles. The first-order valence-electron chi connectivity index (χ1n) is 12.7. The average Bonchev–Trinajstić information content (AvgIpc) is 3.26. The second-order valence-electron chi connectivity index (χ2n) is 9.01. The second-order valence-corrected chi connectivity index (χ2v) is 10.4. The molecule has 1 aromatic heterocycles. The number of esters is 1. The van der Waals surface area contributed by atoms with Crippen molar-refractivity contribution in [3.8, 4) is 11.5 Å². The predicted octanol–water partition coefficient (Wildman–Crippen LogP) is 5.04. The van der Waals surface area contributed by atoms with Gasteiger partial charge in [-0.25, -0.2) is 9.79 Å². The summed E-state index contributed by atoms with van der Waals surface area (Å²) in [6.45, 7) is 4.08. The Morgan fingerprint density at radius 3 is 2.55 bits per heavy atom. The highest BCUT2D eigenvalue weighted by molar-refractivity contribution is 7.07. The van der Waals surface area contributed by atoms with E-state index in [9.17, 15) is 9.59 Å². The molecule has 1 aliphatic heterocycles. The Balaban J connectivity index is 1.57. The average molecular weight is 575 g/mol. The van der Waals surface area contributed by atoms with Crippen molar-refractivity contribution >= 4 is 35.0 Å². The fourth-order valence-electron chi connectivity index (χ4n) is 4.56. The molecule has 0 radical (unpaired) electrons. The third-order valence-corrected chi connectivity index (χ3v) is 7.77. The molecule has 204 valence electrons. The Hall–Kier alpha value is -4.14. The van der Waals surface area contributed by atoms with E-state index in [1.165, 1.54) is 15.9 Å². The van der Waals surface area contributed by atoms with E-state index in [1.807, 2.05) is 54.6 Å². The zero-order chi connectivity index (χ0) is 28.2. The lowest BCUT2D eigenvalue weighted by atomic mass is 9.96. The van der Waals surface area contributed by atoms with Gasteiger partial charge in [0.05, 0.1) is 29.5 Å². The summed E-state index contributed by atoms with van der Waals surface area (Å²) in [7, 11) is 1.58. The van der Waals surface area contributed by atoms with Crippen LogP contribution in [0.3, 0.4) is 0 Å². The van der Waals surface area contributed by atoms with Gasteiger partial charge in [-0.1, -0.05) is 77.5 Å². The van der Waals surface area contributed by atoms with Gasteiger partial charge >= 0.3 is 5.97 Å². The number of rotatable bonds is 8. The molecule has 7 nitrogen and oxygen atoms in total. The molecule has 0 amide bonds. The SMILES string of the molecule is CCOC(=O)C1=C(C)N=c2s/c(=C\c3ccc(OCc4ccccc4)c(OC)c3)c(=O)n2C1c1ccccc1Cl. The minimum Gasteiger partial charge on any atom is -0.493 e. The van der Waals surface area contributed by atoms with Gasteiger partial charge in [-0.3, -0.25) is 9.36 Å². The van der Waals surface area contributed by atoms with Crippen molar-refractivity contribution in [3.63, 3.8) is 0 Å². The summed E-state index contributed by atoms with van der Waals surface area (Å²) < 4.78 is 18.9. The zero-order valence-electron chi connectivity index (χ0n) is 22.2. The summed E-state index contributed by atoms with van der Waals surface area (Å²) in [4.78, 5) is 32.0. The van der Waals surface area contributed by atoms with E-state index < -0.39 is 12.0 Å². The lowest BCUT2D eigenvalue weighted by molar-refractivity contribution is -0.139. The molecular weight excluding hydrogens is 548 g/mol. The minimum atomic E-state index is -0.769. The summed E-state index contributed by atoms with van der Waals surface area (Å²) in [5.41, 5.74) is 2.90. The van der Waals surface area contributed by atoms with Crippen LogP contribution in [0.2, 0.25) is 5.02 Å². The molecule has 0 aliphatic carbocycles. The van der Waals surface area contributed by atoms with E-state index >= 15 is 0 Å². The molecule has 9 heteroatoms. The summed E-state index contributed by atoms with van der Waals surface area (Å²) in [5, 5.41) is 0.439. The van der Waals surface area contributed by atoms with Crippen LogP contribution >= 0.6 is 22.9 Å². The van der Waals surface area contributed by atoms with E-state index in [0.29, 0.717) is 43.7 Å². The van der Waals surface area contributed by atoms with Crippen molar-refractivity contribution < 1.29 is 19.0 Å². The molecule has 40 heavy (non-hydrogen) atoms. The molecule has 0 saturated carbocycles. The molecule has 1 unspecified atom stereocenters. The lowest BCUT2D eigenvalue weighted by Gasteiger charge is -2.25. The fraction of sp³-hybridized carbons (Fsp3) is 0.194. The van der Waals surface area contributed by atoms with Crippen LogP contribution in [0.15, 0.2) is 93.9 Å². The van der Waals surface area contributed by atoms with E-state index in [2.05, 4.69) is 4.99 Å². The van der Waals surface area contributed by atoms with Gasteiger partial charge in [0.25, 0.3) is 5.56 Å². The van der Waals surface area contributed by atoms with E-state index in [1.54, 1.807) is 45.2 Å². The number of carbonyl (C=O) groups is 1. The predicted molar refractivity (Wildman–Crippen MR) is 156 cm³/mol. The number of hydrogen-bond acceptors (Lipinski definition) is 7. The van der Waals surface area contributed by atoms with Crippen molar-refractivity contribution in [2.75, 3.05) is 13.7 Å². The second kappa shape index (κ2) is 11.9. The number of fused-ring (bicyclic) bond motifs is 1. The number of nitrogens with zero attached hydrogens (tertiary/aromatic N) is 2. The molecule has 5 rings (SSSR count). The normalized spacial score (nSPS) is 14.9. The van der Waals surface area contributed by atoms with Crippen molar-refractivity contribution in [1.29, 1.82) is 0 Å². The Kier molecular flexibility index (Phi) is 8.19. The number of halogens is 1. The molecule has 2 heterocycles. The number of ether oxygens (including phenoxy) is 3. The number of thiazole rings is 1. The molecule has 0 fully saturated rings. The third-order valence-electron chi connectivity index (χ3n) is 6.44. The molecule has 4 aromatic rings. The number of aromatic nitrogens is 1. The lowest BCUT2D eigenvalue weighted by Crippen LogP contribution is -2.40. The Labute approximate surface area is 240 Å². The number of methoxy groups -OCH3 is 1. The number of allylic oxidation sites excluding steroid dienone is 1. The van der Waals surface area contributed by atoms with Crippen LogP contribution in [-0.2, 0) is 16.1 Å². The standard InChI is InChI=1S/C31H27ClN2O5S/c1-4-38-30(36)27-19(2)33-31-34(28(27)22-12-8-9-13-23(22)32)29(35)26(40-31)17-21-14-15-24(25(16-21)37-3)39-18-20-10-6-5-7-11-20/h5-17,28H,4,18H2,1-3H3/b26-17-. The summed E-state index contributed by atoms with van der Waals surface area (Å²) >= 11 is 7.81. The summed E-state index contributed by atoms with van der Waals surface area (Å²) in [6, 6.07) is 21.8. The van der Waals surface area contributed by atoms with Gasteiger partial charge in [0.15, 0.2) is 16.3 Å². The Morgan fingerprint density at radius 1 is 1.07 bits per heavy atom. The van der Waals surface area contributed by atoms with Crippen LogP contribution < -0.4 is 24.4 Å². The first kappa shape index (κ1) is 27.4. The van der Waals surface area contributed by atoms with Crippen LogP contribution in [0, 0.1) is 0 Å². The van der Waals surface area contributed by atoms with Gasteiger partial charge in [0.2, 0.25) is 0 Å². The molecule has 1 aliphatic rings. The van der Waals surface area contributed by atoms with Gasteiger partial charge in [0, 0.05) is 5.02 Å². The van der Waals surface area contributed by atoms with Gasteiger partial charge in [-0.2, -0.15) is 0 Å². The maximum absolute atomic E-state index is 13.8. The van der Waals surface area contributed by atoms with E-state index in [-0.39, 0.29) is 17.7 Å². The van der Waals surface area contributed by atoms with Gasteiger partial charge < -0.3 is 14.2 Å². The topological polar surface area (TPSA) is 79.1 Å². The first-order valence-corrected chi connectivity index (χ1v) is 13.9. The van der Waals surface area contributed by atoms with E-state index in [0.717, 1.165) is 11.1 Å². The smallest absolute Gasteiger partial charge is 0.338 e. The largest absolute Gasteiger partial charge is 0.493 e. The van der Waals surface area contributed by atoms with Crippen molar-refractivity contribution in [1.82, 2.24) is 4.57 Å². The fourth-order valence-corrected chi connectivity index (χ4v) is 5.85. The molecule has 0 bridgehead atoms. The van der Waals surface area contributed by atoms with Gasteiger partial charge in [0.1, 0.15) is 12.6 Å². The summed E-state index contributed by atoms with van der Waals surface area (Å²) in [6.07, 6.45) is 1.78. The molecule has 3 aromatic carbocycles. The van der Waals surface area contributed by atoms with Crippen molar-refractivity contribution in [2.45, 2.75) is 26.5 Å².